The Hall–Kier alpha value is -2.34. The van der Waals surface area contributed by atoms with Crippen LogP contribution in [0.25, 0.3) is 0 Å². The summed E-state index contributed by atoms with van der Waals surface area (Å²) < 4.78 is 16.4. The van der Waals surface area contributed by atoms with E-state index in [1.807, 2.05) is 30.4 Å². The van der Waals surface area contributed by atoms with E-state index < -0.39 is 5.60 Å². The molecule has 0 aliphatic carbocycles. The van der Waals surface area contributed by atoms with Gasteiger partial charge in [0.2, 0.25) is 11.8 Å². The van der Waals surface area contributed by atoms with Crippen molar-refractivity contribution in [2.45, 2.75) is 31.0 Å². The largest absolute Gasteiger partial charge is 0.493 e. The van der Waals surface area contributed by atoms with E-state index in [4.69, 9.17) is 14.2 Å². The molecule has 6 heteroatoms. The van der Waals surface area contributed by atoms with Gasteiger partial charge in [0.15, 0.2) is 11.5 Å². The van der Waals surface area contributed by atoms with Crippen LogP contribution in [-0.2, 0) is 20.7 Å². The summed E-state index contributed by atoms with van der Waals surface area (Å²) in [5.74, 6) is 0.800. The van der Waals surface area contributed by atoms with Crippen LogP contribution in [0.1, 0.15) is 18.4 Å². The van der Waals surface area contributed by atoms with Crippen molar-refractivity contribution in [3.05, 3.63) is 35.9 Å². The maximum Gasteiger partial charge on any atom is 0.235 e. The number of carbonyl (C=O) groups excluding carboxylic acids is 2. The molecule has 1 spiro atoms. The Labute approximate surface area is 146 Å². The highest BCUT2D eigenvalue weighted by Gasteiger charge is 2.59. The van der Waals surface area contributed by atoms with Crippen molar-refractivity contribution in [3.8, 4) is 11.5 Å². The summed E-state index contributed by atoms with van der Waals surface area (Å²) in [7, 11) is 3.17. The first-order chi connectivity index (χ1) is 12.1. The zero-order valence-corrected chi connectivity index (χ0v) is 14.4. The molecule has 0 aromatic heterocycles. The molecule has 0 radical (unpaired) electrons. The summed E-state index contributed by atoms with van der Waals surface area (Å²) >= 11 is 0. The van der Waals surface area contributed by atoms with Crippen molar-refractivity contribution in [1.82, 2.24) is 4.90 Å². The SMILES string of the molecule is COc1ccc(CCN2C(=O)C[C@]34C=C[C@H](C[C@H]3C2=O)O4)cc1OC. The fraction of sp³-hybridized carbons (Fsp3) is 0.474. The van der Waals surface area contributed by atoms with Crippen LogP contribution in [0.2, 0.25) is 0 Å². The predicted octanol–water partition coefficient (Wildman–Crippen LogP) is 1.72. The van der Waals surface area contributed by atoms with Crippen LogP contribution in [0.3, 0.4) is 0 Å². The third-order valence-corrected chi connectivity index (χ3v) is 5.39. The van der Waals surface area contributed by atoms with Gasteiger partial charge < -0.3 is 14.2 Å². The highest BCUT2D eigenvalue weighted by atomic mass is 16.5. The third kappa shape index (κ3) is 2.52. The first-order valence-electron chi connectivity index (χ1n) is 8.48. The van der Waals surface area contributed by atoms with E-state index in [0.717, 1.165) is 5.56 Å². The molecule has 3 atom stereocenters. The monoisotopic (exact) mass is 343 g/mol. The molecule has 0 unspecified atom stereocenters. The fourth-order valence-electron chi connectivity index (χ4n) is 4.08. The van der Waals surface area contributed by atoms with E-state index in [-0.39, 0.29) is 30.3 Å². The second-order valence-corrected chi connectivity index (χ2v) is 6.76. The number of hydrogen-bond donors (Lipinski definition) is 0. The number of amides is 2. The number of likely N-dealkylation sites (tertiary alicyclic amines) is 1. The molecule has 2 fully saturated rings. The van der Waals surface area contributed by atoms with Crippen LogP contribution in [0.5, 0.6) is 11.5 Å². The van der Waals surface area contributed by atoms with Gasteiger partial charge in [-0.05, 0) is 30.5 Å². The maximum atomic E-state index is 12.8. The molecule has 1 aromatic carbocycles. The fourth-order valence-corrected chi connectivity index (χ4v) is 4.08. The zero-order chi connectivity index (χ0) is 17.6. The number of methoxy groups -OCH3 is 2. The van der Waals surface area contributed by atoms with Gasteiger partial charge in [0.25, 0.3) is 0 Å². The topological polar surface area (TPSA) is 65.1 Å². The Balaban J connectivity index is 1.47. The summed E-state index contributed by atoms with van der Waals surface area (Å²) in [4.78, 5) is 26.7. The lowest BCUT2D eigenvalue weighted by Crippen LogP contribution is -2.55. The van der Waals surface area contributed by atoms with Crippen molar-refractivity contribution in [1.29, 1.82) is 0 Å². The van der Waals surface area contributed by atoms with Gasteiger partial charge in [-0.2, -0.15) is 0 Å². The van der Waals surface area contributed by atoms with Crippen LogP contribution in [-0.4, -0.2) is 49.2 Å². The second kappa shape index (κ2) is 5.88. The lowest BCUT2D eigenvalue weighted by atomic mass is 9.77. The number of imide groups is 1. The van der Waals surface area contributed by atoms with E-state index in [9.17, 15) is 9.59 Å². The molecule has 6 nitrogen and oxygen atoms in total. The summed E-state index contributed by atoms with van der Waals surface area (Å²) in [5.41, 5.74) is 0.307. The molecule has 1 aromatic rings. The molecule has 0 saturated carbocycles. The minimum absolute atomic E-state index is 0.0208. The van der Waals surface area contributed by atoms with Crippen LogP contribution in [0.4, 0.5) is 0 Å². The van der Waals surface area contributed by atoms with Gasteiger partial charge in [-0.15, -0.1) is 0 Å². The molecule has 3 aliphatic rings. The predicted molar refractivity (Wildman–Crippen MR) is 89.4 cm³/mol. The van der Waals surface area contributed by atoms with Gasteiger partial charge in [0.1, 0.15) is 5.60 Å². The molecule has 3 aliphatic heterocycles. The molecule has 2 bridgehead atoms. The number of rotatable bonds is 5. The standard InChI is InChI=1S/C19H21NO5/c1-23-15-4-3-12(9-16(15)24-2)6-8-20-17(21)11-19-7-5-13(25-19)10-14(19)18(20)22/h3-5,7,9,13-14H,6,8,10-11H2,1-2H3/t13-,14+,19-/m1/s1. The van der Waals surface area contributed by atoms with Crippen molar-refractivity contribution in [3.63, 3.8) is 0 Å². The summed E-state index contributed by atoms with van der Waals surface area (Å²) in [6.07, 6.45) is 5.37. The Morgan fingerprint density at radius 3 is 2.76 bits per heavy atom. The van der Waals surface area contributed by atoms with E-state index >= 15 is 0 Å². The normalized spacial score (nSPS) is 29.9. The highest BCUT2D eigenvalue weighted by molar-refractivity contribution is 6.01. The molecular formula is C19H21NO5. The average Bonchev–Trinajstić information content (AvgIpc) is 3.18. The van der Waals surface area contributed by atoms with Crippen molar-refractivity contribution in [2.24, 2.45) is 5.92 Å². The van der Waals surface area contributed by atoms with E-state index in [1.165, 1.54) is 4.90 Å². The number of piperidine rings is 1. The van der Waals surface area contributed by atoms with Gasteiger partial charge in [-0.1, -0.05) is 18.2 Å². The number of hydrogen-bond acceptors (Lipinski definition) is 5. The first kappa shape index (κ1) is 16.1. The van der Waals surface area contributed by atoms with Gasteiger partial charge in [-0.3, -0.25) is 14.5 Å². The van der Waals surface area contributed by atoms with Gasteiger partial charge in [0.05, 0.1) is 32.7 Å². The lowest BCUT2D eigenvalue weighted by molar-refractivity contribution is -0.160. The molecule has 2 saturated heterocycles. The third-order valence-electron chi connectivity index (χ3n) is 5.39. The summed E-state index contributed by atoms with van der Waals surface area (Å²) in [6, 6.07) is 5.63. The minimum atomic E-state index is -0.682. The quantitative estimate of drug-likeness (QED) is 0.602. The van der Waals surface area contributed by atoms with Gasteiger partial charge in [0, 0.05) is 6.54 Å². The summed E-state index contributed by atoms with van der Waals surface area (Å²) in [5, 5.41) is 0. The molecule has 132 valence electrons. The van der Waals surface area contributed by atoms with Crippen LogP contribution >= 0.6 is 0 Å². The van der Waals surface area contributed by atoms with Crippen LogP contribution in [0, 0.1) is 5.92 Å². The Morgan fingerprint density at radius 2 is 2.04 bits per heavy atom. The first-order valence-corrected chi connectivity index (χ1v) is 8.48. The van der Waals surface area contributed by atoms with Crippen LogP contribution in [0.15, 0.2) is 30.4 Å². The molecule has 4 rings (SSSR count). The Bertz CT molecular complexity index is 758. The Kier molecular flexibility index (Phi) is 3.80. The lowest BCUT2D eigenvalue weighted by Gasteiger charge is -2.38. The smallest absolute Gasteiger partial charge is 0.235 e. The number of benzene rings is 1. The molecule has 3 heterocycles. The average molecular weight is 343 g/mol. The molecule has 0 N–H and O–H groups in total. The molecular weight excluding hydrogens is 322 g/mol. The maximum absolute atomic E-state index is 12.8. The van der Waals surface area contributed by atoms with Gasteiger partial charge >= 0.3 is 0 Å². The number of fused-ring (bicyclic) bond motifs is 1. The van der Waals surface area contributed by atoms with E-state index in [1.54, 1.807) is 14.2 Å². The Morgan fingerprint density at radius 1 is 1.24 bits per heavy atom. The minimum Gasteiger partial charge on any atom is -0.493 e. The zero-order valence-electron chi connectivity index (χ0n) is 14.4. The molecule has 25 heavy (non-hydrogen) atoms. The highest BCUT2D eigenvalue weighted by Crippen LogP contribution is 2.48. The second-order valence-electron chi connectivity index (χ2n) is 6.76. The van der Waals surface area contributed by atoms with E-state index in [0.29, 0.717) is 30.9 Å². The summed E-state index contributed by atoms with van der Waals surface area (Å²) in [6.45, 7) is 0.369. The molecule has 2 amide bonds. The number of nitrogens with zero attached hydrogens (tertiary/aromatic N) is 1. The van der Waals surface area contributed by atoms with Crippen molar-refractivity contribution >= 4 is 11.8 Å². The number of carbonyl (C=O) groups is 2. The van der Waals surface area contributed by atoms with Gasteiger partial charge in [-0.25, -0.2) is 0 Å². The van der Waals surface area contributed by atoms with Crippen molar-refractivity contribution in [2.75, 3.05) is 20.8 Å². The number of ether oxygens (including phenoxy) is 3. The van der Waals surface area contributed by atoms with Crippen LogP contribution < -0.4 is 9.47 Å². The van der Waals surface area contributed by atoms with E-state index in [2.05, 4.69) is 0 Å². The van der Waals surface area contributed by atoms with Crippen molar-refractivity contribution < 1.29 is 23.8 Å².